The molecule has 0 aliphatic carbocycles. The zero-order valence-corrected chi connectivity index (χ0v) is 9.64. The molecule has 0 aromatic carbocycles. The molecule has 0 aliphatic heterocycles. The summed E-state index contributed by atoms with van der Waals surface area (Å²) in [6.07, 6.45) is 3.42. The molecule has 1 aromatic rings. The maximum Gasteiger partial charge on any atom is 0.222 e. The van der Waals surface area contributed by atoms with Crippen molar-refractivity contribution >= 4 is 33.5 Å². The lowest BCUT2D eigenvalue weighted by atomic mass is 10.2. The Hall–Kier alpha value is -0.350. The van der Waals surface area contributed by atoms with Crippen LogP contribution in [0.15, 0.2) is 16.9 Å². The molecule has 0 fully saturated rings. The lowest BCUT2D eigenvalue weighted by molar-refractivity contribution is 0.692. The first kappa shape index (κ1) is 10.7. The molecular formula is C8H11BrClN3. The number of rotatable bonds is 4. The highest BCUT2D eigenvalue weighted by molar-refractivity contribution is 9.10. The van der Waals surface area contributed by atoms with Crippen LogP contribution in [0, 0.1) is 5.92 Å². The van der Waals surface area contributed by atoms with E-state index in [-0.39, 0.29) is 0 Å². The summed E-state index contributed by atoms with van der Waals surface area (Å²) in [7, 11) is 0. The van der Waals surface area contributed by atoms with Gasteiger partial charge in [0.1, 0.15) is 0 Å². The lowest BCUT2D eigenvalue weighted by Gasteiger charge is -2.08. The fourth-order valence-electron chi connectivity index (χ4n) is 0.724. The summed E-state index contributed by atoms with van der Waals surface area (Å²) < 4.78 is 0.878. The topological polar surface area (TPSA) is 37.8 Å². The van der Waals surface area contributed by atoms with Gasteiger partial charge in [-0.15, -0.1) is 11.6 Å². The summed E-state index contributed by atoms with van der Waals surface area (Å²) in [6, 6.07) is 0. The molecule has 0 bridgehead atoms. The Kier molecular flexibility index (Phi) is 4.45. The van der Waals surface area contributed by atoms with E-state index >= 15 is 0 Å². The molecule has 72 valence electrons. The first-order valence-electron chi connectivity index (χ1n) is 3.99. The molecule has 0 saturated heterocycles. The third kappa shape index (κ3) is 3.91. The molecule has 0 radical (unpaired) electrons. The van der Waals surface area contributed by atoms with Crippen LogP contribution in [-0.2, 0) is 0 Å². The van der Waals surface area contributed by atoms with Gasteiger partial charge in [0.25, 0.3) is 0 Å². The largest absolute Gasteiger partial charge is 0.354 e. The number of alkyl halides is 1. The Morgan fingerprint density at radius 3 is 2.69 bits per heavy atom. The number of nitrogens with zero attached hydrogens (tertiary/aromatic N) is 2. The van der Waals surface area contributed by atoms with Crippen LogP contribution in [0.2, 0.25) is 0 Å². The highest BCUT2D eigenvalue weighted by Crippen LogP contribution is 2.07. The zero-order valence-electron chi connectivity index (χ0n) is 7.30. The molecule has 0 saturated carbocycles. The second kappa shape index (κ2) is 5.40. The Morgan fingerprint density at radius 1 is 1.54 bits per heavy atom. The summed E-state index contributed by atoms with van der Waals surface area (Å²) in [6.45, 7) is 2.87. The van der Waals surface area contributed by atoms with E-state index < -0.39 is 0 Å². The Labute approximate surface area is 91.1 Å². The fourth-order valence-corrected chi connectivity index (χ4v) is 1.04. The van der Waals surface area contributed by atoms with Crippen LogP contribution in [0.1, 0.15) is 6.92 Å². The smallest absolute Gasteiger partial charge is 0.222 e. The summed E-state index contributed by atoms with van der Waals surface area (Å²) >= 11 is 8.92. The van der Waals surface area contributed by atoms with Crippen molar-refractivity contribution in [3.8, 4) is 0 Å². The van der Waals surface area contributed by atoms with Gasteiger partial charge in [0.15, 0.2) is 0 Å². The number of hydrogen-bond donors (Lipinski definition) is 1. The maximum atomic E-state index is 5.66. The SMILES string of the molecule is CC(CCl)CNc1ncc(Br)cn1. The highest BCUT2D eigenvalue weighted by Gasteiger charge is 2.00. The predicted octanol–water partition coefficient (Wildman–Crippen LogP) is 2.53. The van der Waals surface area contributed by atoms with E-state index in [1.165, 1.54) is 0 Å². The zero-order chi connectivity index (χ0) is 9.68. The molecule has 1 rings (SSSR count). The van der Waals surface area contributed by atoms with Crippen LogP contribution in [0.5, 0.6) is 0 Å². The third-order valence-corrected chi connectivity index (χ3v) is 2.43. The third-order valence-electron chi connectivity index (χ3n) is 1.49. The average molecular weight is 265 g/mol. The van der Waals surface area contributed by atoms with Crippen LogP contribution >= 0.6 is 27.5 Å². The molecule has 1 aromatic heterocycles. The Bertz CT molecular complexity index is 252. The van der Waals surface area contributed by atoms with E-state index in [1.54, 1.807) is 12.4 Å². The molecule has 0 spiro atoms. The first-order valence-corrected chi connectivity index (χ1v) is 5.32. The molecule has 1 unspecified atom stereocenters. The van der Waals surface area contributed by atoms with Crippen molar-refractivity contribution in [2.24, 2.45) is 5.92 Å². The van der Waals surface area contributed by atoms with Gasteiger partial charge in [-0.2, -0.15) is 0 Å². The normalized spacial score (nSPS) is 12.5. The molecule has 5 heteroatoms. The van der Waals surface area contributed by atoms with E-state index in [1.807, 2.05) is 0 Å². The minimum atomic E-state index is 0.425. The van der Waals surface area contributed by atoms with Crippen molar-refractivity contribution < 1.29 is 0 Å². The van der Waals surface area contributed by atoms with Crippen LogP contribution < -0.4 is 5.32 Å². The van der Waals surface area contributed by atoms with Crippen molar-refractivity contribution in [3.05, 3.63) is 16.9 Å². The highest BCUT2D eigenvalue weighted by atomic mass is 79.9. The molecule has 1 atom stereocenters. The number of aromatic nitrogens is 2. The monoisotopic (exact) mass is 263 g/mol. The molecule has 0 amide bonds. The van der Waals surface area contributed by atoms with E-state index in [2.05, 4.69) is 38.1 Å². The quantitative estimate of drug-likeness (QED) is 0.849. The van der Waals surface area contributed by atoms with Gasteiger partial charge in [0.05, 0.1) is 4.47 Å². The standard InChI is InChI=1S/C8H11BrClN3/c1-6(2-10)3-11-8-12-4-7(9)5-13-8/h4-6H,2-3H2,1H3,(H,11,12,13). The van der Waals surface area contributed by atoms with E-state index in [9.17, 15) is 0 Å². The molecule has 13 heavy (non-hydrogen) atoms. The van der Waals surface area contributed by atoms with Crippen molar-refractivity contribution in [1.82, 2.24) is 9.97 Å². The van der Waals surface area contributed by atoms with E-state index in [0.29, 0.717) is 17.7 Å². The summed E-state index contributed by atoms with van der Waals surface area (Å²) in [4.78, 5) is 8.14. The van der Waals surface area contributed by atoms with Gasteiger partial charge in [-0.25, -0.2) is 9.97 Å². The van der Waals surface area contributed by atoms with Gasteiger partial charge in [-0.1, -0.05) is 6.92 Å². The van der Waals surface area contributed by atoms with Gasteiger partial charge in [0, 0.05) is 24.8 Å². The van der Waals surface area contributed by atoms with E-state index in [4.69, 9.17) is 11.6 Å². The van der Waals surface area contributed by atoms with Gasteiger partial charge >= 0.3 is 0 Å². The van der Waals surface area contributed by atoms with Crippen molar-refractivity contribution in [2.75, 3.05) is 17.7 Å². The fraction of sp³-hybridized carbons (Fsp3) is 0.500. The van der Waals surface area contributed by atoms with Crippen LogP contribution in [0.25, 0.3) is 0 Å². The second-order valence-electron chi connectivity index (χ2n) is 2.87. The predicted molar refractivity (Wildman–Crippen MR) is 58.1 cm³/mol. The van der Waals surface area contributed by atoms with Gasteiger partial charge < -0.3 is 5.32 Å². The van der Waals surface area contributed by atoms with Crippen molar-refractivity contribution in [3.63, 3.8) is 0 Å². The first-order chi connectivity index (χ1) is 6.22. The van der Waals surface area contributed by atoms with E-state index in [0.717, 1.165) is 11.0 Å². The van der Waals surface area contributed by atoms with Gasteiger partial charge in [0.2, 0.25) is 5.95 Å². The minimum Gasteiger partial charge on any atom is -0.354 e. The molecule has 3 nitrogen and oxygen atoms in total. The van der Waals surface area contributed by atoms with Crippen LogP contribution in [0.3, 0.4) is 0 Å². The number of hydrogen-bond acceptors (Lipinski definition) is 3. The molecule has 1 N–H and O–H groups in total. The number of anilines is 1. The van der Waals surface area contributed by atoms with Crippen molar-refractivity contribution in [2.45, 2.75) is 6.92 Å². The van der Waals surface area contributed by atoms with Gasteiger partial charge in [-0.3, -0.25) is 0 Å². The summed E-state index contributed by atoms with van der Waals surface area (Å²) in [5.41, 5.74) is 0. The van der Waals surface area contributed by atoms with Gasteiger partial charge in [-0.05, 0) is 21.8 Å². The molecular weight excluding hydrogens is 253 g/mol. The Balaban J connectivity index is 2.41. The number of halogens is 2. The second-order valence-corrected chi connectivity index (χ2v) is 4.09. The van der Waals surface area contributed by atoms with Crippen molar-refractivity contribution in [1.29, 1.82) is 0 Å². The van der Waals surface area contributed by atoms with Crippen LogP contribution in [0.4, 0.5) is 5.95 Å². The summed E-state index contributed by atoms with van der Waals surface area (Å²) in [5, 5.41) is 3.10. The van der Waals surface area contributed by atoms with Crippen LogP contribution in [-0.4, -0.2) is 22.4 Å². The Morgan fingerprint density at radius 2 is 2.15 bits per heavy atom. The maximum absolute atomic E-state index is 5.66. The molecule has 0 aliphatic rings. The minimum absolute atomic E-state index is 0.425. The number of nitrogens with one attached hydrogen (secondary N) is 1. The molecule has 1 heterocycles. The average Bonchev–Trinajstić information content (AvgIpc) is 2.16. The lowest BCUT2D eigenvalue weighted by Crippen LogP contribution is -2.13. The summed E-state index contributed by atoms with van der Waals surface area (Å²) in [5.74, 6) is 1.71.